The van der Waals surface area contributed by atoms with Crippen molar-refractivity contribution in [2.75, 3.05) is 11.4 Å². The van der Waals surface area contributed by atoms with E-state index in [4.69, 9.17) is 9.11 Å². The van der Waals surface area contributed by atoms with Crippen LogP contribution in [0.4, 0.5) is 5.69 Å². The predicted molar refractivity (Wildman–Crippen MR) is 82.5 cm³/mol. The summed E-state index contributed by atoms with van der Waals surface area (Å²) in [6.07, 6.45) is 0. The van der Waals surface area contributed by atoms with Gasteiger partial charge in [-0.05, 0) is 24.2 Å². The average Bonchev–Trinajstić information content (AvgIpc) is 2.61. The van der Waals surface area contributed by atoms with Crippen molar-refractivity contribution in [2.24, 2.45) is 0 Å². The summed E-state index contributed by atoms with van der Waals surface area (Å²) in [5.74, 6) is -0.466. The Morgan fingerprint density at radius 2 is 1.82 bits per heavy atom. The number of benzene rings is 1. The van der Waals surface area contributed by atoms with Crippen LogP contribution in [-0.4, -0.2) is 47.1 Å². The van der Waals surface area contributed by atoms with Crippen LogP contribution in [0.3, 0.4) is 0 Å². The maximum atomic E-state index is 12.1. The topological polar surface area (TPSA) is 129 Å². The van der Waals surface area contributed by atoms with Gasteiger partial charge in [-0.3, -0.25) is 13.9 Å². The molecule has 2 rings (SSSR count). The number of amides is 1. The smallest absolute Gasteiger partial charge is 0.294 e. The zero-order chi connectivity index (χ0) is 16.7. The van der Waals surface area contributed by atoms with Crippen molar-refractivity contribution in [3.8, 4) is 0 Å². The largest absolute Gasteiger partial charge is 0.308 e. The molecule has 0 radical (unpaired) electrons. The van der Waals surface area contributed by atoms with Crippen molar-refractivity contribution in [3.63, 3.8) is 0 Å². The van der Waals surface area contributed by atoms with E-state index in [1.807, 2.05) is 0 Å². The molecule has 1 aromatic carbocycles. The molecule has 0 fully saturated rings. The summed E-state index contributed by atoms with van der Waals surface area (Å²) in [6, 6.07) is 3.79. The van der Waals surface area contributed by atoms with Gasteiger partial charge in [0.25, 0.3) is 16.0 Å². The lowest BCUT2D eigenvalue weighted by Gasteiger charge is -2.16. The summed E-state index contributed by atoms with van der Waals surface area (Å²) in [6.45, 7) is 3.67. The van der Waals surface area contributed by atoms with Crippen molar-refractivity contribution in [2.45, 2.75) is 10.9 Å². The van der Waals surface area contributed by atoms with Gasteiger partial charge in [-0.25, -0.2) is 8.42 Å². The molecule has 0 unspecified atom stereocenters. The van der Waals surface area contributed by atoms with E-state index in [1.54, 1.807) is 0 Å². The van der Waals surface area contributed by atoms with Crippen LogP contribution in [0.15, 0.2) is 29.7 Å². The SMILES string of the molecule is C=C1C(=O)N(CC[SiH2]S(=O)(=O)O)c2ccc(S(=O)(=O)O)cc21. The summed E-state index contributed by atoms with van der Waals surface area (Å²) < 4.78 is 61.5. The Morgan fingerprint density at radius 1 is 1.18 bits per heavy atom. The zero-order valence-electron chi connectivity index (χ0n) is 11.3. The van der Waals surface area contributed by atoms with Gasteiger partial charge < -0.3 is 4.90 Å². The van der Waals surface area contributed by atoms with Crippen molar-refractivity contribution in [3.05, 3.63) is 30.3 Å². The third-order valence-corrected chi connectivity index (χ3v) is 7.55. The monoisotopic (exact) mass is 363 g/mol. The van der Waals surface area contributed by atoms with E-state index in [1.165, 1.54) is 11.0 Å². The van der Waals surface area contributed by atoms with E-state index in [0.29, 0.717) is 5.69 Å². The molecule has 0 saturated carbocycles. The van der Waals surface area contributed by atoms with Crippen LogP contribution in [0.25, 0.3) is 5.57 Å². The van der Waals surface area contributed by atoms with Crippen LogP contribution in [0, 0.1) is 0 Å². The molecule has 8 nitrogen and oxygen atoms in total. The summed E-state index contributed by atoms with van der Waals surface area (Å²) in [4.78, 5) is 13.0. The Kier molecular flexibility index (Phi) is 4.28. The average molecular weight is 363 g/mol. The fraction of sp³-hybridized carbons (Fsp3) is 0.182. The third-order valence-electron chi connectivity index (χ3n) is 3.17. The van der Waals surface area contributed by atoms with E-state index in [9.17, 15) is 21.6 Å². The van der Waals surface area contributed by atoms with Crippen LogP contribution >= 0.6 is 0 Å². The number of rotatable bonds is 5. The van der Waals surface area contributed by atoms with Crippen molar-refractivity contribution >= 4 is 45.5 Å². The Bertz CT molecular complexity index is 860. The summed E-state index contributed by atoms with van der Waals surface area (Å²) in [5.41, 5.74) is 0.731. The lowest BCUT2D eigenvalue weighted by atomic mass is 10.1. The van der Waals surface area contributed by atoms with Crippen molar-refractivity contribution < 1.29 is 30.7 Å². The second-order valence-electron chi connectivity index (χ2n) is 4.73. The number of fused-ring (bicyclic) bond motifs is 1. The van der Waals surface area contributed by atoms with Gasteiger partial charge in [0.1, 0.15) is 0 Å². The number of hydrogen-bond donors (Lipinski definition) is 2. The Hall–Kier alpha value is -1.53. The molecule has 0 aliphatic carbocycles. The van der Waals surface area contributed by atoms with Gasteiger partial charge in [0.2, 0.25) is 18.2 Å². The highest BCUT2D eigenvalue weighted by atomic mass is 32.4. The Morgan fingerprint density at radius 3 is 2.36 bits per heavy atom. The normalized spacial score (nSPS) is 15.8. The number of hydrogen-bond acceptors (Lipinski definition) is 5. The standard InChI is InChI=1S/C11H13NO7S2Si/c1-7-9-6-8(20(14,15)16)2-3-10(9)12(11(7)13)4-5-22-21(17,18)19/h2-3,6H,1,4-5,22H2,(H,14,15,16)(H,17,18,19). The lowest BCUT2D eigenvalue weighted by Crippen LogP contribution is -2.28. The zero-order valence-corrected chi connectivity index (χ0v) is 14.3. The van der Waals surface area contributed by atoms with Gasteiger partial charge in [0.05, 0.1) is 10.6 Å². The van der Waals surface area contributed by atoms with Gasteiger partial charge in [-0.1, -0.05) is 6.58 Å². The van der Waals surface area contributed by atoms with Crippen LogP contribution in [0.5, 0.6) is 0 Å². The fourth-order valence-electron chi connectivity index (χ4n) is 2.17. The molecule has 0 saturated heterocycles. The molecule has 0 bridgehead atoms. The van der Waals surface area contributed by atoms with Gasteiger partial charge in [-0.15, -0.1) is 0 Å². The first-order chi connectivity index (χ1) is 10.0. The minimum Gasteiger partial charge on any atom is -0.308 e. The molecule has 1 aliphatic rings. The summed E-state index contributed by atoms with van der Waals surface area (Å²) >= 11 is 0. The van der Waals surface area contributed by atoms with E-state index in [2.05, 4.69) is 6.58 Å². The molecule has 0 atom stereocenters. The first kappa shape index (κ1) is 16.8. The van der Waals surface area contributed by atoms with Gasteiger partial charge in [0, 0.05) is 17.7 Å². The quantitative estimate of drug-likeness (QED) is 0.417. The molecular formula is C11H13NO7S2Si. The molecule has 1 amide bonds. The highest BCUT2D eigenvalue weighted by Gasteiger charge is 2.32. The minimum absolute atomic E-state index is 0.0639. The number of carbonyl (C=O) groups excluding carboxylic acids is 1. The summed E-state index contributed by atoms with van der Waals surface area (Å²) in [5, 5.41) is 0. The predicted octanol–water partition coefficient (Wildman–Crippen LogP) is -0.317. The van der Waals surface area contributed by atoms with Crippen LogP contribution in [-0.2, 0) is 24.5 Å². The molecule has 2 N–H and O–H groups in total. The van der Waals surface area contributed by atoms with Gasteiger partial charge in [0.15, 0.2) is 0 Å². The second kappa shape index (κ2) is 5.59. The van der Waals surface area contributed by atoms with E-state index < -0.39 is 34.3 Å². The molecule has 22 heavy (non-hydrogen) atoms. The molecule has 1 heterocycles. The maximum Gasteiger partial charge on any atom is 0.294 e. The van der Waals surface area contributed by atoms with E-state index in [-0.39, 0.29) is 28.6 Å². The molecule has 1 aliphatic heterocycles. The van der Waals surface area contributed by atoms with E-state index in [0.717, 1.165) is 12.1 Å². The third kappa shape index (κ3) is 3.44. The van der Waals surface area contributed by atoms with E-state index >= 15 is 0 Å². The number of carbonyl (C=O) groups is 1. The molecule has 1 aromatic rings. The minimum atomic E-state index is -4.40. The van der Waals surface area contributed by atoms with Crippen molar-refractivity contribution in [1.29, 1.82) is 0 Å². The Labute approximate surface area is 129 Å². The van der Waals surface area contributed by atoms with Gasteiger partial charge in [-0.2, -0.15) is 8.42 Å². The maximum absolute atomic E-state index is 12.1. The Balaban J connectivity index is 2.31. The highest BCUT2D eigenvalue weighted by molar-refractivity contribution is 8.10. The molecular weight excluding hydrogens is 350 g/mol. The molecule has 120 valence electrons. The van der Waals surface area contributed by atoms with Crippen LogP contribution in [0.2, 0.25) is 6.04 Å². The van der Waals surface area contributed by atoms with Gasteiger partial charge >= 0.3 is 0 Å². The number of nitrogens with zero attached hydrogens (tertiary/aromatic N) is 1. The van der Waals surface area contributed by atoms with Crippen molar-refractivity contribution in [1.82, 2.24) is 0 Å². The first-order valence-corrected chi connectivity index (χ1v) is 11.9. The molecule has 0 spiro atoms. The first-order valence-electron chi connectivity index (χ1n) is 6.08. The number of anilines is 1. The lowest BCUT2D eigenvalue weighted by molar-refractivity contribution is -0.112. The highest BCUT2D eigenvalue weighted by Crippen LogP contribution is 2.37. The van der Waals surface area contributed by atoms with Crippen LogP contribution < -0.4 is 4.90 Å². The molecule has 0 aromatic heterocycles. The van der Waals surface area contributed by atoms with Crippen LogP contribution in [0.1, 0.15) is 5.56 Å². The fourth-order valence-corrected chi connectivity index (χ4v) is 4.97. The second-order valence-corrected chi connectivity index (χ2v) is 11.8. The summed E-state index contributed by atoms with van der Waals surface area (Å²) in [7, 11) is -10.2. The molecule has 11 heteroatoms.